The Labute approximate surface area is 197 Å². The van der Waals surface area contributed by atoms with Crippen molar-refractivity contribution in [3.8, 4) is 16.5 Å². The second kappa shape index (κ2) is 9.70. The molecule has 0 aliphatic carbocycles. The first-order chi connectivity index (χ1) is 16.2. The Bertz CT molecular complexity index is 1300. The lowest BCUT2D eigenvalue weighted by Crippen LogP contribution is -2.17. The molecule has 3 aromatic heterocycles. The second-order valence-electron chi connectivity index (χ2n) is 6.62. The monoisotopic (exact) mass is 508 g/mol. The van der Waals surface area contributed by atoms with Crippen molar-refractivity contribution in [2.75, 3.05) is 17.1 Å². The maximum Gasteiger partial charge on any atom is 0.435 e. The fourth-order valence-electron chi connectivity index (χ4n) is 2.75. The molecule has 0 saturated heterocycles. The lowest BCUT2D eigenvalue weighted by molar-refractivity contribution is -0.141. The van der Waals surface area contributed by atoms with E-state index in [0.717, 1.165) is 5.56 Å². The molecule has 1 amide bonds. The Hall–Kier alpha value is -3.62. The normalized spacial score (nSPS) is 12.3. The van der Waals surface area contributed by atoms with Gasteiger partial charge in [0.05, 0.1) is 19.0 Å². The van der Waals surface area contributed by atoms with Gasteiger partial charge in [0.2, 0.25) is 4.90 Å². The van der Waals surface area contributed by atoms with Crippen molar-refractivity contribution in [2.45, 2.75) is 11.1 Å². The van der Waals surface area contributed by atoms with Crippen LogP contribution in [-0.4, -0.2) is 37.7 Å². The SMILES string of the molecule is COc1ncc(NC(=O)c2csc(-c3ccccc3)n2)cc1[S+]([O-])Nc1cc(C(F)(F)F)n[nH]1. The Morgan fingerprint density at radius 1 is 1.24 bits per heavy atom. The van der Waals surface area contributed by atoms with Crippen LogP contribution in [0.15, 0.2) is 58.9 Å². The van der Waals surface area contributed by atoms with Gasteiger partial charge >= 0.3 is 6.18 Å². The number of thiazole rings is 1. The van der Waals surface area contributed by atoms with Crippen LogP contribution in [0, 0.1) is 0 Å². The van der Waals surface area contributed by atoms with Gasteiger partial charge in [0, 0.05) is 23.1 Å². The summed E-state index contributed by atoms with van der Waals surface area (Å²) in [6.07, 6.45) is -3.36. The Morgan fingerprint density at radius 3 is 2.68 bits per heavy atom. The summed E-state index contributed by atoms with van der Waals surface area (Å²) in [7, 11) is 1.29. The van der Waals surface area contributed by atoms with Crippen LogP contribution in [0.25, 0.3) is 10.6 Å². The number of amides is 1. The zero-order chi connectivity index (χ0) is 24.3. The number of aromatic amines is 1. The standard InChI is InChI=1S/C20H15F3N6O3S2/c1-32-18-14(34(31)29-16-8-15(27-28-16)20(21,22)23)7-12(9-24-18)25-17(30)13-10-33-19(26-13)11-5-3-2-4-6-11/h2-10H,1H3,(H,25,30)(H2,27,28,29). The molecule has 1 aromatic carbocycles. The molecule has 0 radical (unpaired) electrons. The molecule has 34 heavy (non-hydrogen) atoms. The third-order valence-corrected chi connectivity index (χ3v) is 6.29. The molecule has 0 bridgehead atoms. The van der Waals surface area contributed by atoms with E-state index in [1.165, 1.54) is 30.7 Å². The lowest BCUT2D eigenvalue weighted by atomic mass is 10.2. The van der Waals surface area contributed by atoms with Gasteiger partial charge < -0.3 is 14.6 Å². The number of aromatic nitrogens is 4. The van der Waals surface area contributed by atoms with Gasteiger partial charge in [-0.2, -0.15) is 23.0 Å². The first-order valence-electron chi connectivity index (χ1n) is 9.42. The first-order valence-corrected chi connectivity index (χ1v) is 11.4. The molecular formula is C20H15F3N6O3S2. The molecule has 4 rings (SSSR count). The Kier molecular flexibility index (Phi) is 6.72. The van der Waals surface area contributed by atoms with Crippen molar-refractivity contribution in [1.29, 1.82) is 0 Å². The molecule has 3 N–H and O–H groups in total. The molecule has 1 atom stereocenters. The number of pyridine rings is 1. The van der Waals surface area contributed by atoms with Crippen LogP contribution in [0.4, 0.5) is 24.7 Å². The molecular weight excluding hydrogens is 493 g/mol. The predicted octanol–water partition coefficient (Wildman–Crippen LogP) is 4.34. The number of carbonyl (C=O) groups excluding carboxylic acids is 1. The number of hydrogen-bond acceptors (Lipinski definition) is 8. The minimum absolute atomic E-state index is 0.00767. The lowest BCUT2D eigenvalue weighted by Gasteiger charge is -2.13. The smallest absolute Gasteiger partial charge is 0.435 e. The van der Waals surface area contributed by atoms with Crippen LogP contribution in [0.1, 0.15) is 16.2 Å². The summed E-state index contributed by atoms with van der Waals surface area (Å²) >= 11 is -0.786. The number of alkyl halides is 3. The predicted molar refractivity (Wildman–Crippen MR) is 120 cm³/mol. The van der Waals surface area contributed by atoms with Crippen molar-refractivity contribution in [2.24, 2.45) is 0 Å². The fourth-order valence-corrected chi connectivity index (χ4v) is 4.50. The number of ether oxygens (including phenoxy) is 1. The number of nitrogens with zero attached hydrogens (tertiary/aromatic N) is 3. The molecule has 0 saturated carbocycles. The van der Waals surface area contributed by atoms with Crippen LogP contribution in [-0.2, 0) is 17.5 Å². The topological polar surface area (TPSA) is 128 Å². The number of hydrogen-bond donors (Lipinski definition) is 3. The number of nitrogens with one attached hydrogen (secondary N) is 3. The third kappa shape index (κ3) is 5.30. The van der Waals surface area contributed by atoms with Gasteiger partial charge in [-0.15, -0.1) is 11.3 Å². The highest BCUT2D eigenvalue weighted by Crippen LogP contribution is 2.31. The zero-order valence-electron chi connectivity index (χ0n) is 17.2. The van der Waals surface area contributed by atoms with Crippen LogP contribution >= 0.6 is 11.3 Å². The summed E-state index contributed by atoms with van der Waals surface area (Å²) in [4.78, 5) is 21.0. The highest BCUT2D eigenvalue weighted by molar-refractivity contribution is 7.92. The number of halogens is 3. The summed E-state index contributed by atoms with van der Waals surface area (Å²) in [6.45, 7) is 0. The second-order valence-corrected chi connectivity index (χ2v) is 8.66. The summed E-state index contributed by atoms with van der Waals surface area (Å²) in [5, 5.41) is 10.1. The van der Waals surface area contributed by atoms with Gasteiger partial charge in [-0.3, -0.25) is 9.89 Å². The number of anilines is 2. The average molecular weight is 509 g/mol. The average Bonchev–Trinajstić information content (AvgIpc) is 3.50. The number of methoxy groups -OCH3 is 1. The largest absolute Gasteiger partial charge is 0.588 e. The minimum Gasteiger partial charge on any atom is -0.588 e. The van der Waals surface area contributed by atoms with E-state index < -0.39 is 29.1 Å². The maximum absolute atomic E-state index is 12.7. The van der Waals surface area contributed by atoms with Gasteiger partial charge in [-0.05, 0) is 0 Å². The molecule has 9 nitrogen and oxygen atoms in total. The third-order valence-electron chi connectivity index (χ3n) is 4.30. The van der Waals surface area contributed by atoms with E-state index in [2.05, 4.69) is 30.2 Å². The molecule has 14 heteroatoms. The van der Waals surface area contributed by atoms with Gasteiger partial charge in [0.15, 0.2) is 11.5 Å². The van der Waals surface area contributed by atoms with Crippen molar-refractivity contribution in [3.63, 3.8) is 0 Å². The van der Waals surface area contributed by atoms with Crippen LogP contribution in [0.2, 0.25) is 0 Å². The Morgan fingerprint density at radius 2 is 2.00 bits per heavy atom. The van der Waals surface area contributed by atoms with Crippen LogP contribution in [0.5, 0.6) is 5.88 Å². The van der Waals surface area contributed by atoms with E-state index in [0.29, 0.717) is 11.1 Å². The molecule has 0 fully saturated rings. The summed E-state index contributed by atoms with van der Waals surface area (Å²) < 4.78 is 58.4. The maximum atomic E-state index is 12.7. The quantitative estimate of drug-likeness (QED) is 0.317. The number of carbonyl (C=O) groups is 1. The fraction of sp³-hybridized carbons (Fsp3) is 0.100. The molecule has 4 aromatic rings. The first kappa shape index (κ1) is 23.5. The highest BCUT2D eigenvalue weighted by Gasteiger charge is 2.34. The van der Waals surface area contributed by atoms with E-state index >= 15 is 0 Å². The molecule has 0 aliphatic heterocycles. The van der Waals surface area contributed by atoms with Gasteiger partial charge in [0.25, 0.3) is 11.8 Å². The number of rotatable bonds is 7. The van der Waals surface area contributed by atoms with Gasteiger partial charge in [-0.1, -0.05) is 30.3 Å². The summed E-state index contributed by atoms with van der Waals surface area (Å²) in [6, 6.07) is 11.4. The number of H-pyrrole nitrogens is 1. The number of benzene rings is 1. The van der Waals surface area contributed by atoms with E-state index in [1.807, 2.05) is 30.3 Å². The summed E-state index contributed by atoms with van der Waals surface area (Å²) in [5.74, 6) is -0.782. The Balaban J connectivity index is 1.50. The van der Waals surface area contributed by atoms with Crippen molar-refractivity contribution in [3.05, 3.63) is 65.4 Å². The summed E-state index contributed by atoms with van der Waals surface area (Å²) in [5.41, 5.74) is 0.0635. The molecule has 176 valence electrons. The van der Waals surface area contributed by atoms with Crippen molar-refractivity contribution < 1.29 is 27.3 Å². The van der Waals surface area contributed by atoms with Crippen molar-refractivity contribution >= 4 is 40.1 Å². The van der Waals surface area contributed by atoms with Gasteiger partial charge in [0.1, 0.15) is 22.1 Å². The van der Waals surface area contributed by atoms with E-state index in [9.17, 15) is 22.5 Å². The van der Waals surface area contributed by atoms with E-state index in [-0.39, 0.29) is 28.0 Å². The molecule has 1 unspecified atom stereocenters. The molecule has 0 aliphatic rings. The molecule has 0 spiro atoms. The van der Waals surface area contributed by atoms with Crippen LogP contribution in [0.3, 0.4) is 0 Å². The highest BCUT2D eigenvalue weighted by atomic mass is 32.2. The van der Waals surface area contributed by atoms with Crippen LogP contribution < -0.4 is 14.8 Å². The van der Waals surface area contributed by atoms with E-state index in [4.69, 9.17) is 4.74 Å². The van der Waals surface area contributed by atoms with Crippen molar-refractivity contribution in [1.82, 2.24) is 20.2 Å². The van der Waals surface area contributed by atoms with Gasteiger partial charge in [-0.25, -0.2) is 9.97 Å². The van der Waals surface area contributed by atoms with E-state index in [1.54, 1.807) is 5.38 Å². The zero-order valence-corrected chi connectivity index (χ0v) is 18.8. The minimum atomic E-state index is -4.66. The molecule has 3 heterocycles.